The van der Waals surface area contributed by atoms with E-state index >= 15 is 0 Å². The Kier molecular flexibility index (Phi) is 4.15. The van der Waals surface area contributed by atoms with E-state index in [1.807, 2.05) is 0 Å². The Morgan fingerprint density at radius 1 is 1.19 bits per heavy atom. The smallest absolute Gasteiger partial charge is 0.496 e. The highest BCUT2D eigenvalue weighted by atomic mass is 19.4. The molecule has 0 saturated carbocycles. The van der Waals surface area contributed by atoms with E-state index in [1.165, 1.54) is 31.6 Å². The maximum Gasteiger partial charge on any atom is 0.573 e. The fourth-order valence-corrected chi connectivity index (χ4v) is 1.70. The van der Waals surface area contributed by atoms with Crippen LogP contribution in [0.15, 0.2) is 30.6 Å². The molecule has 0 radical (unpaired) electrons. The maximum atomic E-state index is 12.2. The number of nitrogens with zero attached hydrogens (tertiary/aromatic N) is 2. The molecule has 0 fully saturated rings. The molecular weight excluding hydrogens is 287 g/mol. The van der Waals surface area contributed by atoms with Gasteiger partial charge in [0.15, 0.2) is 0 Å². The Morgan fingerprint density at radius 2 is 1.95 bits per heavy atom. The van der Waals surface area contributed by atoms with Crippen molar-refractivity contribution < 1.29 is 22.6 Å². The summed E-state index contributed by atoms with van der Waals surface area (Å²) < 4.78 is 45.6. The van der Waals surface area contributed by atoms with Crippen LogP contribution in [-0.4, -0.2) is 30.5 Å². The molecule has 0 atom stereocenters. The van der Waals surface area contributed by atoms with Crippen LogP contribution in [0.1, 0.15) is 0 Å². The summed E-state index contributed by atoms with van der Waals surface area (Å²) in [5.74, 6) is 0.380. The average molecular weight is 299 g/mol. The highest BCUT2D eigenvalue weighted by molar-refractivity contribution is 5.68. The summed E-state index contributed by atoms with van der Waals surface area (Å²) in [4.78, 5) is 8.25. The summed E-state index contributed by atoms with van der Waals surface area (Å²) in [7, 11) is 3.04. The molecule has 1 aromatic heterocycles. The van der Waals surface area contributed by atoms with Crippen molar-refractivity contribution in [2.75, 3.05) is 19.5 Å². The SMILES string of the molecule is CNc1cncc(-c2ccc(OC(F)(F)F)cc2OC)n1. The zero-order valence-electron chi connectivity index (χ0n) is 11.2. The van der Waals surface area contributed by atoms with Gasteiger partial charge >= 0.3 is 6.36 Å². The fourth-order valence-electron chi connectivity index (χ4n) is 1.70. The fraction of sp³-hybridized carbons (Fsp3) is 0.231. The minimum Gasteiger partial charge on any atom is -0.496 e. The van der Waals surface area contributed by atoms with E-state index in [4.69, 9.17) is 4.74 Å². The number of halogens is 3. The van der Waals surface area contributed by atoms with Crippen molar-refractivity contribution in [3.8, 4) is 22.8 Å². The zero-order valence-corrected chi connectivity index (χ0v) is 11.2. The van der Waals surface area contributed by atoms with Gasteiger partial charge in [-0.05, 0) is 12.1 Å². The second kappa shape index (κ2) is 5.86. The molecule has 1 heterocycles. The van der Waals surface area contributed by atoms with Crippen LogP contribution >= 0.6 is 0 Å². The summed E-state index contributed by atoms with van der Waals surface area (Å²) in [6, 6.07) is 3.78. The Morgan fingerprint density at radius 3 is 2.57 bits per heavy atom. The standard InChI is InChI=1S/C13H12F3N3O2/c1-17-12-7-18-6-10(19-12)9-4-3-8(5-11(9)20-2)21-13(14,15)16/h3-7H,1-2H3,(H,17,19). The second-order valence-electron chi connectivity index (χ2n) is 3.95. The molecule has 2 aromatic rings. The van der Waals surface area contributed by atoms with Crippen LogP contribution in [0.2, 0.25) is 0 Å². The predicted molar refractivity (Wildman–Crippen MR) is 70.2 cm³/mol. The van der Waals surface area contributed by atoms with Crippen LogP contribution in [0.4, 0.5) is 19.0 Å². The number of alkyl halides is 3. The Bertz CT molecular complexity index is 632. The van der Waals surface area contributed by atoms with Gasteiger partial charge in [-0.1, -0.05) is 0 Å². The van der Waals surface area contributed by atoms with Crippen molar-refractivity contribution >= 4 is 5.82 Å². The normalized spacial score (nSPS) is 11.1. The van der Waals surface area contributed by atoms with Gasteiger partial charge in [0.2, 0.25) is 0 Å². The maximum absolute atomic E-state index is 12.2. The summed E-state index contributed by atoms with van der Waals surface area (Å²) >= 11 is 0. The van der Waals surface area contributed by atoms with Crippen molar-refractivity contribution in [2.45, 2.75) is 6.36 Å². The Labute approximate surface area is 118 Å². The highest BCUT2D eigenvalue weighted by Gasteiger charge is 2.31. The lowest BCUT2D eigenvalue weighted by Gasteiger charge is -2.13. The predicted octanol–water partition coefficient (Wildman–Crippen LogP) is 3.09. The number of hydrogen-bond donors (Lipinski definition) is 1. The number of aromatic nitrogens is 2. The minimum atomic E-state index is -4.75. The number of hydrogen-bond acceptors (Lipinski definition) is 5. The van der Waals surface area contributed by atoms with Gasteiger partial charge in [0.25, 0.3) is 0 Å². The molecule has 2 rings (SSSR count). The largest absolute Gasteiger partial charge is 0.573 e. The third kappa shape index (κ3) is 3.74. The van der Waals surface area contributed by atoms with E-state index in [-0.39, 0.29) is 11.5 Å². The van der Waals surface area contributed by atoms with Crippen LogP contribution in [0.3, 0.4) is 0 Å². The molecule has 0 bridgehead atoms. The number of methoxy groups -OCH3 is 1. The summed E-state index contributed by atoms with van der Waals surface area (Å²) in [6.45, 7) is 0. The number of anilines is 1. The quantitative estimate of drug-likeness (QED) is 0.940. The first-order chi connectivity index (χ1) is 9.93. The van der Waals surface area contributed by atoms with Crippen LogP contribution in [0, 0.1) is 0 Å². The Hall–Kier alpha value is -2.51. The minimum absolute atomic E-state index is 0.208. The first kappa shape index (κ1) is 14.9. The molecule has 0 aliphatic heterocycles. The Balaban J connectivity index is 2.40. The summed E-state index contributed by atoms with van der Waals surface area (Å²) in [5.41, 5.74) is 0.980. The van der Waals surface area contributed by atoms with Crippen LogP contribution < -0.4 is 14.8 Å². The van der Waals surface area contributed by atoms with Crippen LogP contribution in [0.25, 0.3) is 11.3 Å². The highest BCUT2D eigenvalue weighted by Crippen LogP contribution is 2.34. The van der Waals surface area contributed by atoms with Gasteiger partial charge in [0.1, 0.15) is 17.3 Å². The summed E-state index contributed by atoms with van der Waals surface area (Å²) in [6.07, 6.45) is -1.74. The third-order valence-corrected chi connectivity index (χ3v) is 2.57. The number of benzene rings is 1. The molecule has 1 N–H and O–H groups in total. The molecular formula is C13H12F3N3O2. The first-order valence-electron chi connectivity index (χ1n) is 5.87. The van der Waals surface area contributed by atoms with E-state index in [1.54, 1.807) is 7.05 Å². The molecule has 0 spiro atoms. The topological polar surface area (TPSA) is 56.3 Å². The lowest BCUT2D eigenvalue weighted by atomic mass is 10.1. The average Bonchev–Trinajstić information content (AvgIpc) is 2.45. The molecule has 0 aliphatic carbocycles. The van der Waals surface area contributed by atoms with Crippen molar-refractivity contribution in [3.05, 3.63) is 30.6 Å². The number of ether oxygens (including phenoxy) is 2. The lowest BCUT2D eigenvalue weighted by molar-refractivity contribution is -0.274. The first-order valence-corrected chi connectivity index (χ1v) is 5.87. The molecule has 0 amide bonds. The molecule has 8 heteroatoms. The molecule has 0 saturated heterocycles. The van der Waals surface area contributed by atoms with Gasteiger partial charge in [-0.3, -0.25) is 4.98 Å². The number of nitrogens with one attached hydrogen (secondary N) is 1. The van der Waals surface area contributed by atoms with Crippen LogP contribution in [0.5, 0.6) is 11.5 Å². The molecule has 1 aromatic carbocycles. The van der Waals surface area contributed by atoms with Gasteiger partial charge in [-0.25, -0.2) is 4.98 Å². The van der Waals surface area contributed by atoms with Crippen molar-refractivity contribution in [1.82, 2.24) is 9.97 Å². The molecule has 0 unspecified atom stereocenters. The van der Waals surface area contributed by atoms with Gasteiger partial charge in [-0.15, -0.1) is 13.2 Å². The van der Waals surface area contributed by atoms with Crippen molar-refractivity contribution in [2.24, 2.45) is 0 Å². The van der Waals surface area contributed by atoms with Gasteiger partial charge in [0, 0.05) is 18.7 Å². The molecule has 21 heavy (non-hydrogen) atoms. The monoisotopic (exact) mass is 299 g/mol. The van der Waals surface area contributed by atoms with Gasteiger partial charge in [0.05, 0.1) is 25.2 Å². The molecule has 112 valence electrons. The van der Waals surface area contributed by atoms with Crippen molar-refractivity contribution in [3.63, 3.8) is 0 Å². The summed E-state index contributed by atoms with van der Waals surface area (Å²) in [5, 5.41) is 2.83. The van der Waals surface area contributed by atoms with Crippen LogP contribution in [-0.2, 0) is 0 Å². The third-order valence-electron chi connectivity index (χ3n) is 2.57. The molecule has 5 nitrogen and oxygen atoms in total. The van der Waals surface area contributed by atoms with E-state index in [2.05, 4.69) is 20.0 Å². The van der Waals surface area contributed by atoms with E-state index in [0.29, 0.717) is 17.1 Å². The van der Waals surface area contributed by atoms with Crippen molar-refractivity contribution in [1.29, 1.82) is 0 Å². The van der Waals surface area contributed by atoms with E-state index in [0.717, 1.165) is 6.07 Å². The number of rotatable bonds is 4. The second-order valence-corrected chi connectivity index (χ2v) is 3.95. The van der Waals surface area contributed by atoms with Gasteiger partial charge < -0.3 is 14.8 Å². The van der Waals surface area contributed by atoms with E-state index in [9.17, 15) is 13.2 Å². The zero-order chi connectivity index (χ0) is 15.5. The van der Waals surface area contributed by atoms with Gasteiger partial charge in [-0.2, -0.15) is 0 Å². The molecule has 0 aliphatic rings. The lowest BCUT2D eigenvalue weighted by Crippen LogP contribution is -2.17. The van der Waals surface area contributed by atoms with E-state index < -0.39 is 6.36 Å².